The van der Waals surface area contributed by atoms with Crippen molar-refractivity contribution >= 4 is 34.0 Å². The zero-order chi connectivity index (χ0) is 19.8. The van der Waals surface area contributed by atoms with Crippen molar-refractivity contribution < 1.29 is 9.18 Å². The number of aromatic amines is 1. The molecule has 5 aromatic rings. The van der Waals surface area contributed by atoms with E-state index in [0.29, 0.717) is 28.2 Å². The van der Waals surface area contributed by atoms with Crippen LogP contribution in [0.2, 0.25) is 0 Å². The fourth-order valence-electron chi connectivity index (χ4n) is 2.84. The molecule has 1 amide bonds. The van der Waals surface area contributed by atoms with Crippen LogP contribution in [-0.2, 0) is 0 Å². The molecule has 0 aliphatic rings. The summed E-state index contributed by atoms with van der Waals surface area (Å²) >= 11 is 1.47. The minimum Gasteiger partial charge on any atom is -0.319 e. The van der Waals surface area contributed by atoms with Crippen molar-refractivity contribution in [2.75, 3.05) is 5.32 Å². The van der Waals surface area contributed by atoms with Gasteiger partial charge in [-0.25, -0.2) is 14.1 Å². The molecule has 3 heterocycles. The van der Waals surface area contributed by atoms with E-state index in [2.05, 4.69) is 30.8 Å². The largest absolute Gasteiger partial charge is 0.319 e. The Bertz CT molecular complexity index is 1310. The summed E-state index contributed by atoms with van der Waals surface area (Å²) in [5, 5.41) is 19.6. The molecule has 142 valence electrons. The first-order chi connectivity index (χ1) is 14.2. The van der Waals surface area contributed by atoms with Gasteiger partial charge in [-0.2, -0.15) is 15.4 Å². The van der Waals surface area contributed by atoms with Crippen molar-refractivity contribution in [2.45, 2.75) is 0 Å². The van der Waals surface area contributed by atoms with Gasteiger partial charge in [-0.1, -0.05) is 6.07 Å². The second-order valence-corrected chi connectivity index (χ2v) is 7.05. The minimum absolute atomic E-state index is 0.00188. The first-order valence-corrected chi connectivity index (χ1v) is 9.44. The smallest absolute Gasteiger partial charge is 0.295 e. The van der Waals surface area contributed by atoms with Gasteiger partial charge in [-0.05, 0) is 53.9 Å². The number of anilines is 1. The Hall–Kier alpha value is -3.92. The van der Waals surface area contributed by atoms with E-state index in [1.54, 1.807) is 30.3 Å². The van der Waals surface area contributed by atoms with Crippen LogP contribution in [0.25, 0.3) is 27.4 Å². The van der Waals surface area contributed by atoms with Crippen LogP contribution in [0.15, 0.2) is 60.0 Å². The Morgan fingerprint density at radius 3 is 2.69 bits per heavy atom. The summed E-state index contributed by atoms with van der Waals surface area (Å²) in [6, 6.07) is 14.8. The molecule has 0 unspecified atom stereocenters. The average molecular weight is 405 g/mol. The van der Waals surface area contributed by atoms with Crippen molar-refractivity contribution in [1.82, 2.24) is 30.2 Å². The first kappa shape index (κ1) is 17.2. The third-order valence-corrected chi connectivity index (χ3v) is 5.06. The Labute approximate surface area is 167 Å². The number of carbonyl (C=O) groups is 1. The number of halogens is 1. The van der Waals surface area contributed by atoms with Gasteiger partial charge in [0.15, 0.2) is 5.82 Å². The summed E-state index contributed by atoms with van der Waals surface area (Å²) < 4.78 is 14.8. The van der Waals surface area contributed by atoms with Crippen molar-refractivity contribution in [2.24, 2.45) is 0 Å². The van der Waals surface area contributed by atoms with Crippen molar-refractivity contribution in [3.05, 3.63) is 71.6 Å². The van der Waals surface area contributed by atoms with Crippen LogP contribution in [0.4, 0.5) is 10.1 Å². The van der Waals surface area contributed by atoms with E-state index in [1.807, 2.05) is 17.5 Å². The molecule has 3 aromatic heterocycles. The monoisotopic (exact) mass is 405 g/mol. The average Bonchev–Trinajstić information content (AvgIpc) is 3.47. The van der Waals surface area contributed by atoms with Crippen LogP contribution in [0.3, 0.4) is 0 Å². The molecular formula is C19H12FN7OS. The van der Waals surface area contributed by atoms with Gasteiger partial charge in [0.1, 0.15) is 16.9 Å². The van der Waals surface area contributed by atoms with Crippen molar-refractivity contribution in [1.29, 1.82) is 0 Å². The molecule has 2 aromatic carbocycles. The normalized spacial score (nSPS) is 11.1. The van der Waals surface area contributed by atoms with Crippen molar-refractivity contribution in [3.63, 3.8) is 0 Å². The maximum Gasteiger partial charge on any atom is 0.295 e. The molecule has 8 nitrogen and oxygen atoms in total. The summed E-state index contributed by atoms with van der Waals surface area (Å²) in [6.07, 6.45) is 0. The van der Waals surface area contributed by atoms with Crippen LogP contribution in [-0.4, -0.2) is 36.1 Å². The van der Waals surface area contributed by atoms with Crippen LogP contribution < -0.4 is 5.32 Å². The molecule has 10 heteroatoms. The fraction of sp³-hybridized carbons (Fsp3) is 0. The van der Waals surface area contributed by atoms with Crippen LogP contribution in [0.1, 0.15) is 10.6 Å². The second kappa shape index (κ2) is 6.91. The zero-order valence-corrected chi connectivity index (χ0v) is 15.5. The van der Waals surface area contributed by atoms with E-state index < -0.39 is 5.91 Å². The molecule has 0 radical (unpaired) electrons. The number of H-pyrrole nitrogens is 1. The summed E-state index contributed by atoms with van der Waals surface area (Å²) in [6.45, 7) is 0. The molecular weight excluding hydrogens is 393 g/mol. The van der Waals surface area contributed by atoms with Crippen molar-refractivity contribution in [3.8, 4) is 16.4 Å². The molecule has 5 rings (SSSR count). The molecule has 0 aliphatic carbocycles. The lowest BCUT2D eigenvalue weighted by atomic mass is 10.2. The Morgan fingerprint density at radius 2 is 1.90 bits per heavy atom. The molecule has 0 atom stereocenters. The number of hydrogen-bond donors (Lipinski definition) is 2. The van der Waals surface area contributed by atoms with Gasteiger partial charge < -0.3 is 5.32 Å². The number of benzene rings is 2. The molecule has 29 heavy (non-hydrogen) atoms. The van der Waals surface area contributed by atoms with Gasteiger partial charge in [0.25, 0.3) is 5.91 Å². The molecule has 0 aliphatic heterocycles. The number of carbonyl (C=O) groups excluding carboxylic acids is 1. The number of amides is 1. The Morgan fingerprint density at radius 1 is 1.07 bits per heavy atom. The number of nitrogens with zero attached hydrogens (tertiary/aromatic N) is 5. The number of rotatable bonds is 4. The predicted molar refractivity (Wildman–Crippen MR) is 106 cm³/mol. The summed E-state index contributed by atoms with van der Waals surface area (Å²) in [5.74, 6) is -0.319. The van der Waals surface area contributed by atoms with E-state index in [4.69, 9.17) is 0 Å². The van der Waals surface area contributed by atoms with Crippen LogP contribution in [0.5, 0.6) is 0 Å². The maximum atomic E-state index is 13.3. The molecule has 0 fully saturated rings. The van der Waals surface area contributed by atoms with Gasteiger partial charge in [0.2, 0.25) is 5.82 Å². The summed E-state index contributed by atoms with van der Waals surface area (Å²) in [7, 11) is 0. The lowest BCUT2D eigenvalue weighted by Crippen LogP contribution is -2.14. The molecule has 0 spiro atoms. The predicted octanol–water partition coefficient (Wildman–Crippen LogP) is 3.66. The highest BCUT2D eigenvalue weighted by Crippen LogP contribution is 2.26. The number of fused-ring (bicyclic) bond motifs is 1. The van der Waals surface area contributed by atoms with Gasteiger partial charge in [-0.3, -0.25) is 4.79 Å². The Kier molecular flexibility index (Phi) is 4.10. The number of thiophene rings is 1. The SMILES string of the molecule is O=C(Nc1ccc2n[nH]nc2c1)c1nc(-c2cccs2)n(-c2ccc(F)cc2)n1. The lowest BCUT2D eigenvalue weighted by Gasteiger charge is -2.04. The highest BCUT2D eigenvalue weighted by atomic mass is 32.1. The minimum atomic E-state index is -0.466. The molecule has 0 saturated carbocycles. The van der Waals surface area contributed by atoms with E-state index in [-0.39, 0.29) is 11.6 Å². The van der Waals surface area contributed by atoms with E-state index in [9.17, 15) is 9.18 Å². The Balaban J connectivity index is 1.51. The van der Waals surface area contributed by atoms with E-state index in [1.165, 1.54) is 28.2 Å². The summed E-state index contributed by atoms with van der Waals surface area (Å²) in [4.78, 5) is 18.0. The number of aromatic nitrogens is 6. The van der Waals surface area contributed by atoms with Gasteiger partial charge >= 0.3 is 0 Å². The first-order valence-electron chi connectivity index (χ1n) is 8.56. The van der Waals surface area contributed by atoms with Gasteiger partial charge in [-0.15, -0.1) is 16.4 Å². The standard InChI is InChI=1S/C19H12FN7OS/c20-11-3-6-13(7-4-11)27-18(16-2-1-9-29-16)22-17(25-27)19(28)21-12-5-8-14-15(10-12)24-26-23-14/h1-10H,(H,21,28)(H,23,24,26). The van der Waals surface area contributed by atoms with E-state index in [0.717, 1.165) is 4.88 Å². The van der Waals surface area contributed by atoms with Crippen LogP contribution in [0, 0.1) is 5.82 Å². The third kappa shape index (κ3) is 3.25. The number of hydrogen-bond acceptors (Lipinski definition) is 6. The fourth-order valence-corrected chi connectivity index (χ4v) is 3.54. The highest BCUT2D eigenvalue weighted by molar-refractivity contribution is 7.13. The maximum absolute atomic E-state index is 13.3. The quantitative estimate of drug-likeness (QED) is 0.475. The lowest BCUT2D eigenvalue weighted by molar-refractivity contribution is 0.101. The highest BCUT2D eigenvalue weighted by Gasteiger charge is 2.20. The summed E-state index contributed by atoms with van der Waals surface area (Å²) in [5.41, 5.74) is 2.48. The topological polar surface area (TPSA) is 101 Å². The molecule has 0 saturated heterocycles. The number of nitrogens with one attached hydrogen (secondary N) is 2. The second-order valence-electron chi connectivity index (χ2n) is 6.11. The zero-order valence-electron chi connectivity index (χ0n) is 14.7. The third-order valence-electron chi connectivity index (χ3n) is 4.20. The van der Waals surface area contributed by atoms with Gasteiger partial charge in [0.05, 0.1) is 10.6 Å². The van der Waals surface area contributed by atoms with Crippen LogP contribution >= 0.6 is 11.3 Å². The van der Waals surface area contributed by atoms with Gasteiger partial charge in [0, 0.05) is 5.69 Å². The van der Waals surface area contributed by atoms with E-state index >= 15 is 0 Å². The molecule has 0 bridgehead atoms. The molecule has 2 N–H and O–H groups in total.